The van der Waals surface area contributed by atoms with Crippen LogP contribution in [-0.4, -0.2) is 76.5 Å². The summed E-state index contributed by atoms with van der Waals surface area (Å²) in [6, 6.07) is 14.0. The molecule has 0 aromatic heterocycles. The lowest BCUT2D eigenvalue weighted by molar-refractivity contribution is -0.110. The van der Waals surface area contributed by atoms with Gasteiger partial charge in [-0.1, -0.05) is 36.7 Å². The maximum absolute atomic E-state index is 13.6. The Morgan fingerprint density at radius 1 is 1.14 bits per heavy atom. The number of fused-ring (bicyclic) bond motifs is 4. The first-order valence-corrected chi connectivity index (χ1v) is 19.9. The number of anilines is 1. The fraction of sp³-hybridized carbons (Fsp3) is 0.590. The highest BCUT2D eigenvalue weighted by Gasteiger charge is 2.52. The first kappa shape index (κ1) is 35.3. The van der Waals surface area contributed by atoms with Gasteiger partial charge in [0.25, 0.3) is 5.91 Å². The molecule has 2 aromatic carbocycles. The molecule has 7 rings (SSSR count). The minimum absolute atomic E-state index is 0.203. The summed E-state index contributed by atoms with van der Waals surface area (Å²) in [6.45, 7) is 9.54. The van der Waals surface area contributed by atoms with E-state index in [1.54, 1.807) is 20.1 Å². The highest BCUT2D eigenvalue weighted by molar-refractivity contribution is 7.90. The van der Waals surface area contributed by atoms with Crippen LogP contribution in [0.1, 0.15) is 74.4 Å². The van der Waals surface area contributed by atoms with Crippen LogP contribution in [0.2, 0.25) is 5.02 Å². The lowest BCUT2D eigenvalue weighted by atomic mass is 9.63. The highest BCUT2D eigenvalue weighted by Crippen LogP contribution is 2.50. The average molecular weight is 721 g/mol. The summed E-state index contributed by atoms with van der Waals surface area (Å²) in [7, 11) is -2.18. The standard InChI is InChI=1S/C39H49ClN4O5S/c1-26-7-5-16-39(48-4,24-43-21-37(3,20-41)22-43)33-12-9-30(33)19-44-23-38(15-6-8-28-17-31(40)11-13-32(28)38)25-49-35-14-10-29(18-34(35)44)36(45)42-50(46,47)27(26)2/h5,10-11,13-14,16-18,26-27,30,33H,6-9,12,15,19,21-25H2,1-4H3,(H,42,45)/b16-5+/t26-,27+,30-,33+,38-,39+/m0/s1. The molecule has 3 heterocycles. The van der Waals surface area contributed by atoms with Gasteiger partial charge in [0, 0.05) is 55.8 Å². The Kier molecular flexibility index (Phi) is 9.28. The van der Waals surface area contributed by atoms with Gasteiger partial charge in [-0.3, -0.25) is 9.69 Å². The second-order valence-electron chi connectivity index (χ2n) is 16.0. The van der Waals surface area contributed by atoms with Crippen LogP contribution in [0.3, 0.4) is 0 Å². The molecule has 1 spiro atoms. The van der Waals surface area contributed by atoms with Crippen LogP contribution in [0.5, 0.6) is 5.75 Å². The van der Waals surface area contributed by atoms with Gasteiger partial charge in [0.05, 0.1) is 29.0 Å². The Labute approximate surface area is 302 Å². The molecular formula is C39H49ClN4O5S. The summed E-state index contributed by atoms with van der Waals surface area (Å²) in [6.07, 6.45) is 9.75. The van der Waals surface area contributed by atoms with Crippen LogP contribution in [0.25, 0.3) is 0 Å². The number of likely N-dealkylation sites (tertiary alicyclic amines) is 1. The van der Waals surface area contributed by atoms with Crippen LogP contribution in [0, 0.1) is 34.5 Å². The molecule has 0 unspecified atom stereocenters. The van der Waals surface area contributed by atoms with Gasteiger partial charge in [-0.15, -0.1) is 0 Å². The van der Waals surface area contributed by atoms with E-state index >= 15 is 0 Å². The number of amides is 1. The zero-order chi connectivity index (χ0) is 35.5. The van der Waals surface area contributed by atoms with Gasteiger partial charge in [0.2, 0.25) is 10.0 Å². The van der Waals surface area contributed by atoms with E-state index < -0.39 is 26.8 Å². The van der Waals surface area contributed by atoms with Crippen molar-refractivity contribution in [3.63, 3.8) is 0 Å². The summed E-state index contributed by atoms with van der Waals surface area (Å²) in [5.41, 5.74) is 2.36. The number of benzene rings is 2. The first-order chi connectivity index (χ1) is 23.8. The zero-order valence-electron chi connectivity index (χ0n) is 29.6. The third-order valence-electron chi connectivity index (χ3n) is 12.5. The number of carbonyl (C=O) groups is 1. The summed E-state index contributed by atoms with van der Waals surface area (Å²) >= 11 is 6.47. The van der Waals surface area contributed by atoms with Crippen LogP contribution in [-0.2, 0) is 26.6 Å². The van der Waals surface area contributed by atoms with E-state index in [9.17, 15) is 18.5 Å². The Morgan fingerprint density at radius 3 is 2.66 bits per heavy atom. The predicted molar refractivity (Wildman–Crippen MR) is 195 cm³/mol. The number of halogens is 1. The van der Waals surface area contributed by atoms with E-state index in [0.29, 0.717) is 50.9 Å². The molecule has 2 fully saturated rings. The molecule has 11 heteroatoms. The monoisotopic (exact) mass is 720 g/mol. The summed E-state index contributed by atoms with van der Waals surface area (Å²) in [5, 5.41) is 9.67. The first-order valence-electron chi connectivity index (χ1n) is 18.0. The average Bonchev–Trinajstić information content (AvgIpc) is 3.21. The van der Waals surface area contributed by atoms with E-state index in [1.807, 2.05) is 32.0 Å². The number of nitriles is 1. The molecule has 50 heavy (non-hydrogen) atoms. The smallest absolute Gasteiger partial charge is 0.264 e. The number of carbonyl (C=O) groups excluding carboxylic acids is 1. The maximum Gasteiger partial charge on any atom is 0.264 e. The summed E-state index contributed by atoms with van der Waals surface area (Å²) in [5.74, 6) is 0.305. The summed E-state index contributed by atoms with van der Waals surface area (Å²) < 4.78 is 42.6. The minimum atomic E-state index is -3.97. The van der Waals surface area contributed by atoms with E-state index in [-0.39, 0.29) is 28.2 Å². The van der Waals surface area contributed by atoms with Crippen molar-refractivity contribution in [1.82, 2.24) is 9.62 Å². The Bertz CT molecular complexity index is 1840. The van der Waals surface area contributed by atoms with Crippen LogP contribution in [0.4, 0.5) is 5.69 Å². The lowest BCUT2D eigenvalue weighted by Crippen LogP contribution is -2.62. The number of nitrogens with one attached hydrogen (secondary N) is 1. The molecule has 3 aliphatic heterocycles. The normalized spacial score (nSPS) is 34.0. The molecule has 2 aromatic rings. The fourth-order valence-electron chi connectivity index (χ4n) is 9.28. The largest absolute Gasteiger partial charge is 0.490 e. The molecule has 268 valence electrons. The number of hydrogen-bond acceptors (Lipinski definition) is 8. The third kappa shape index (κ3) is 6.33. The number of nitrogens with zero attached hydrogens (tertiary/aromatic N) is 3. The molecule has 1 saturated carbocycles. The van der Waals surface area contributed by atoms with Crippen molar-refractivity contribution in [3.8, 4) is 11.8 Å². The molecule has 1 saturated heterocycles. The molecule has 1 amide bonds. The minimum Gasteiger partial charge on any atom is -0.490 e. The number of allylic oxidation sites excluding steroid dienone is 1. The van der Waals surface area contributed by atoms with Crippen molar-refractivity contribution in [1.29, 1.82) is 5.26 Å². The number of ether oxygens (including phenoxy) is 2. The van der Waals surface area contributed by atoms with Crippen molar-refractivity contribution in [2.75, 3.05) is 51.3 Å². The molecule has 6 atom stereocenters. The predicted octanol–water partition coefficient (Wildman–Crippen LogP) is 6.11. The van der Waals surface area contributed by atoms with E-state index in [4.69, 9.17) is 21.1 Å². The molecule has 0 radical (unpaired) electrons. The molecule has 5 aliphatic rings. The number of rotatable bonds is 3. The van der Waals surface area contributed by atoms with Crippen LogP contribution < -0.4 is 14.4 Å². The second-order valence-corrected chi connectivity index (χ2v) is 18.5. The zero-order valence-corrected chi connectivity index (χ0v) is 31.2. The van der Waals surface area contributed by atoms with Gasteiger partial charge in [0.15, 0.2) is 0 Å². The molecule has 1 N–H and O–H groups in total. The van der Waals surface area contributed by atoms with E-state index in [1.165, 1.54) is 11.1 Å². The number of methoxy groups -OCH3 is 1. The van der Waals surface area contributed by atoms with Gasteiger partial charge in [-0.25, -0.2) is 13.1 Å². The van der Waals surface area contributed by atoms with Crippen molar-refractivity contribution >= 4 is 33.2 Å². The molecule has 2 bridgehead atoms. The second kappa shape index (κ2) is 13.1. The van der Waals surface area contributed by atoms with Crippen molar-refractivity contribution in [2.24, 2.45) is 23.2 Å². The van der Waals surface area contributed by atoms with Crippen LogP contribution >= 0.6 is 11.6 Å². The van der Waals surface area contributed by atoms with Gasteiger partial charge in [0.1, 0.15) is 11.4 Å². The SMILES string of the molecule is CO[C@@]1(CN2CC(C)(C#N)C2)/C=C/C[C@H](C)[C@@H](C)S(=O)(=O)NC(=O)c2ccc3c(c2)N(C[C@@H]2CC[C@H]21)C[C@@]1(CCCc2cc(Cl)ccc21)CO3. The van der Waals surface area contributed by atoms with Crippen molar-refractivity contribution in [3.05, 3.63) is 70.3 Å². The van der Waals surface area contributed by atoms with E-state index in [2.05, 4.69) is 44.9 Å². The van der Waals surface area contributed by atoms with Gasteiger partial charge >= 0.3 is 0 Å². The fourth-order valence-corrected chi connectivity index (χ4v) is 10.8. The number of hydrogen-bond donors (Lipinski definition) is 1. The lowest BCUT2D eigenvalue weighted by Gasteiger charge is -2.54. The van der Waals surface area contributed by atoms with Crippen molar-refractivity contribution in [2.45, 2.75) is 75.6 Å². The number of aryl methyl sites for hydroxylation is 1. The maximum atomic E-state index is 13.6. The molecule has 9 nitrogen and oxygen atoms in total. The summed E-state index contributed by atoms with van der Waals surface area (Å²) in [4.78, 5) is 18.3. The van der Waals surface area contributed by atoms with Gasteiger partial charge in [-0.05, 0) is 112 Å². The van der Waals surface area contributed by atoms with Crippen molar-refractivity contribution < 1.29 is 22.7 Å². The Balaban J connectivity index is 1.31. The van der Waals surface area contributed by atoms with E-state index in [0.717, 1.165) is 49.4 Å². The van der Waals surface area contributed by atoms with Gasteiger partial charge < -0.3 is 14.4 Å². The highest BCUT2D eigenvalue weighted by atomic mass is 35.5. The quantitative estimate of drug-likeness (QED) is 0.378. The number of sulfonamides is 1. The topological polar surface area (TPSA) is 112 Å². The third-order valence-corrected chi connectivity index (χ3v) is 14.6. The molecule has 2 aliphatic carbocycles. The van der Waals surface area contributed by atoms with Crippen LogP contribution in [0.15, 0.2) is 48.6 Å². The Hall–Kier alpha value is -3.10. The molecular weight excluding hydrogens is 672 g/mol. The Morgan fingerprint density at radius 2 is 1.94 bits per heavy atom. The van der Waals surface area contributed by atoms with Gasteiger partial charge in [-0.2, -0.15) is 5.26 Å².